The van der Waals surface area contributed by atoms with Gasteiger partial charge in [-0.3, -0.25) is 4.79 Å². The molecule has 0 aromatic heterocycles. The summed E-state index contributed by atoms with van der Waals surface area (Å²) in [5.74, 6) is -0.931. The van der Waals surface area contributed by atoms with Crippen LogP contribution in [0.25, 0.3) is 11.1 Å². The minimum atomic E-state index is -0.921. The zero-order chi connectivity index (χ0) is 18.5. The fourth-order valence-electron chi connectivity index (χ4n) is 3.14. The van der Waals surface area contributed by atoms with E-state index in [1.54, 1.807) is 4.90 Å². The van der Waals surface area contributed by atoms with Crippen LogP contribution in [0.4, 0.5) is 0 Å². The standard InChI is InChI=1S/C21H22N2O3/c22-14-16-1-3-17(4-2-16)18-5-7-19(8-6-18)21(26)23-11-9-15(10-12-23)13-20(24)25/h1-8,13H,9-12,14,22H2,(H,24,25). The Morgan fingerprint density at radius 2 is 1.50 bits per heavy atom. The van der Waals surface area contributed by atoms with E-state index in [0.717, 1.165) is 22.3 Å². The Morgan fingerprint density at radius 3 is 2.00 bits per heavy atom. The molecule has 0 saturated carbocycles. The molecule has 0 atom stereocenters. The van der Waals surface area contributed by atoms with Gasteiger partial charge in [0, 0.05) is 31.3 Å². The largest absolute Gasteiger partial charge is 0.478 e. The zero-order valence-corrected chi connectivity index (χ0v) is 14.5. The van der Waals surface area contributed by atoms with Gasteiger partial charge in [0.25, 0.3) is 5.91 Å². The predicted octanol–water partition coefficient (Wildman–Crippen LogP) is 3.06. The van der Waals surface area contributed by atoms with Crippen LogP contribution in [0.2, 0.25) is 0 Å². The van der Waals surface area contributed by atoms with Crippen LogP contribution >= 0.6 is 0 Å². The van der Waals surface area contributed by atoms with Crippen molar-refractivity contribution in [1.29, 1.82) is 0 Å². The number of rotatable bonds is 4. The number of hydrogen-bond acceptors (Lipinski definition) is 3. The van der Waals surface area contributed by atoms with Crippen LogP contribution < -0.4 is 5.73 Å². The first-order valence-electron chi connectivity index (χ1n) is 8.68. The number of piperidine rings is 1. The van der Waals surface area contributed by atoms with Gasteiger partial charge < -0.3 is 15.7 Å². The maximum absolute atomic E-state index is 12.6. The van der Waals surface area contributed by atoms with E-state index in [0.29, 0.717) is 38.0 Å². The Kier molecular flexibility index (Phi) is 5.49. The number of nitrogens with two attached hydrogens (primary N) is 1. The maximum atomic E-state index is 12.6. The third kappa shape index (κ3) is 4.18. The minimum absolute atomic E-state index is 0.00981. The number of aliphatic carboxylic acids is 1. The van der Waals surface area contributed by atoms with Crippen molar-refractivity contribution < 1.29 is 14.7 Å². The molecule has 5 heteroatoms. The average molecular weight is 350 g/mol. The van der Waals surface area contributed by atoms with Crippen LogP contribution in [0, 0.1) is 0 Å². The molecule has 1 aliphatic rings. The molecule has 0 aliphatic carbocycles. The van der Waals surface area contributed by atoms with Crippen molar-refractivity contribution in [2.45, 2.75) is 19.4 Å². The third-order valence-electron chi connectivity index (χ3n) is 4.68. The predicted molar refractivity (Wildman–Crippen MR) is 101 cm³/mol. The van der Waals surface area contributed by atoms with E-state index in [1.165, 1.54) is 6.08 Å². The van der Waals surface area contributed by atoms with Gasteiger partial charge in [-0.2, -0.15) is 0 Å². The second-order valence-corrected chi connectivity index (χ2v) is 6.41. The van der Waals surface area contributed by atoms with Crippen molar-refractivity contribution in [3.05, 3.63) is 71.3 Å². The minimum Gasteiger partial charge on any atom is -0.478 e. The fourth-order valence-corrected chi connectivity index (χ4v) is 3.14. The van der Waals surface area contributed by atoms with Gasteiger partial charge in [0.15, 0.2) is 0 Å². The third-order valence-corrected chi connectivity index (χ3v) is 4.68. The Bertz CT molecular complexity index is 813. The summed E-state index contributed by atoms with van der Waals surface area (Å²) < 4.78 is 0. The number of carbonyl (C=O) groups excluding carboxylic acids is 1. The number of likely N-dealkylation sites (tertiary alicyclic amines) is 1. The van der Waals surface area contributed by atoms with Crippen LogP contribution in [0.15, 0.2) is 60.2 Å². The van der Waals surface area contributed by atoms with Gasteiger partial charge in [-0.05, 0) is 41.7 Å². The molecule has 0 spiro atoms. The van der Waals surface area contributed by atoms with Gasteiger partial charge in [-0.15, -0.1) is 0 Å². The molecule has 1 fully saturated rings. The fraction of sp³-hybridized carbons (Fsp3) is 0.238. The molecule has 26 heavy (non-hydrogen) atoms. The van der Waals surface area contributed by atoms with Crippen molar-refractivity contribution in [2.75, 3.05) is 13.1 Å². The van der Waals surface area contributed by atoms with Crippen molar-refractivity contribution in [2.24, 2.45) is 5.73 Å². The number of benzene rings is 2. The summed E-state index contributed by atoms with van der Waals surface area (Å²) in [5.41, 5.74) is 10.4. The average Bonchev–Trinajstić information content (AvgIpc) is 2.68. The number of carboxylic acid groups (broad SMARTS) is 1. The molecule has 1 amide bonds. The Balaban J connectivity index is 1.66. The lowest BCUT2D eigenvalue weighted by atomic mass is 10.0. The smallest absolute Gasteiger partial charge is 0.328 e. The summed E-state index contributed by atoms with van der Waals surface area (Å²) in [6.45, 7) is 1.63. The second kappa shape index (κ2) is 7.97. The summed E-state index contributed by atoms with van der Waals surface area (Å²) in [6.07, 6.45) is 2.49. The Morgan fingerprint density at radius 1 is 0.962 bits per heavy atom. The highest BCUT2D eigenvalue weighted by Crippen LogP contribution is 2.22. The monoisotopic (exact) mass is 350 g/mol. The highest BCUT2D eigenvalue weighted by molar-refractivity contribution is 5.95. The van der Waals surface area contributed by atoms with Gasteiger partial charge >= 0.3 is 5.97 Å². The molecule has 2 aromatic carbocycles. The molecule has 1 saturated heterocycles. The first-order valence-corrected chi connectivity index (χ1v) is 8.68. The zero-order valence-electron chi connectivity index (χ0n) is 14.5. The van der Waals surface area contributed by atoms with Gasteiger partial charge in [0.2, 0.25) is 0 Å². The molecule has 2 aromatic rings. The van der Waals surface area contributed by atoms with E-state index in [1.807, 2.05) is 48.5 Å². The van der Waals surface area contributed by atoms with Crippen molar-refractivity contribution >= 4 is 11.9 Å². The van der Waals surface area contributed by atoms with Gasteiger partial charge in [0.1, 0.15) is 0 Å². The highest BCUT2D eigenvalue weighted by Gasteiger charge is 2.20. The molecule has 1 aliphatic heterocycles. The lowest BCUT2D eigenvalue weighted by Crippen LogP contribution is -2.36. The van der Waals surface area contributed by atoms with Crippen LogP contribution in [0.1, 0.15) is 28.8 Å². The van der Waals surface area contributed by atoms with E-state index in [2.05, 4.69) is 0 Å². The van der Waals surface area contributed by atoms with Crippen molar-refractivity contribution in [3.8, 4) is 11.1 Å². The maximum Gasteiger partial charge on any atom is 0.328 e. The Hall–Kier alpha value is -2.92. The number of carboxylic acids is 1. The molecule has 5 nitrogen and oxygen atoms in total. The summed E-state index contributed by atoms with van der Waals surface area (Å²) in [7, 11) is 0. The van der Waals surface area contributed by atoms with E-state index in [9.17, 15) is 9.59 Å². The molecule has 134 valence electrons. The van der Waals surface area contributed by atoms with Crippen molar-refractivity contribution in [3.63, 3.8) is 0 Å². The molecule has 0 bridgehead atoms. The van der Waals surface area contributed by atoms with Crippen molar-refractivity contribution in [1.82, 2.24) is 4.90 Å². The molecular formula is C21H22N2O3. The summed E-state index contributed by atoms with van der Waals surface area (Å²) >= 11 is 0. The lowest BCUT2D eigenvalue weighted by molar-refractivity contribution is -0.131. The van der Waals surface area contributed by atoms with Crippen LogP contribution in [-0.2, 0) is 11.3 Å². The van der Waals surface area contributed by atoms with E-state index < -0.39 is 5.97 Å². The van der Waals surface area contributed by atoms with Crippen LogP contribution in [-0.4, -0.2) is 35.0 Å². The number of hydrogen-bond donors (Lipinski definition) is 2. The molecule has 3 N–H and O–H groups in total. The molecular weight excluding hydrogens is 328 g/mol. The molecule has 3 rings (SSSR count). The Labute approximate surface area is 152 Å². The number of nitrogens with zero attached hydrogens (tertiary/aromatic N) is 1. The second-order valence-electron chi connectivity index (χ2n) is 6.41. The number of carbonyl (C=O) groups is 2. The quantitative estimate of drug-likeness (QED) is 0.830. The lowest BCUT2D eigenvalue weighted by Gasteiger charge is -2.28. The van der Waals surface area contributed by atoms with Crippen LogP contribution in [0.5, 0.6) is 0 Å². The molecule has 1 heterocycles. The van der Waals surface area contributed by atoms with Gasteiger partial charge in [0.05, 0.1) is 0 Å². The molecule has 0 unspecified atom stereocenters. The summed E-state index contributed by atoms with van der Waals surface area (Å²) in [5, 5.41) is 8.80. The topological polar surface area (TPSA) is 83.6 Å². The van der Waals surface area contributed by atoms with Gasteiger partial charge in [-0.1, -0.05) is 42.0 Å². The summed E-state index contributed by atoms with van der Waals surface area (Å²) in [6, 6.07) is 15.7. The highest BCUT2D eigenvalue weighted by atomic mass is 16.4. The van der Waals surface area contributed by atoms with Gasteiger partial charge in [-0.25, -0.2) is 4.79 Å². The van der Waals surface area contributed by atoms with E-state index in [-0.39, 0.29) is 5.91 Å². The SMILES string of the molecule is NCc1ccc(-c2ccc(C(=O)N3CCC(=CC(=O)O)CC3)cc2)cc1. The molecule has 0 radical (unpaired) electrons. The van der Waals surface area contributed by atoms with E-state index in [4.69, 9.17) is 10.8 Å². The first-order chi connectivity index (χ1) is 12.6. The normalized spacial score (nSPS) is 14.2. The van der Waals surface area contributed by atoms with Crippen LogP contribution in [0.3, 0.4) is 0 Å². The first kappa shape index (κ1) is 17.9. The summed E-state index contributed by atoms with van der Waals surface area (Å²) in [4.78, 5) is 25.1. The number of amides is 1. The van der Waals surface area contributed by atoms with E-state index >= 15 is 0 Å².